The fraction of sp³-hybridized carbons (Fsp3) is 0.462. The average Bonchev–Trinajstić information content (AvgIpc) is 2.28. The van der Waals surface area contributed by atoms with Gasteiger partial charge in [0.25, 0.3) is 0 Å². The van der Waals surface area contributed by atoms with Crippen LogP contribution in [0.5, 0.6) is 0 Å². The van der Waals surface area contributed by atoms with Gasteiger partial charge in [0.2, 0.25) is 9.70 Å². The van der Waals surface area contributed by atoms with Crippen LogP contribution in [-0.2, 0) is 4.79 Å². The zero-order valence-corrected chi connectivity index (χ0v) is 13.4. The van der Waals surface area contributed by atoms with Crippen LogP contribution in [0.1, 0.15) is 20.3 Å². The number of nitrogens with one attached hydrogen (secondary N) is 2. The molecule has 20 heavy (non-hydrogen) atoms. The summed E-state index contributed by atoms with van der Waals surface area (Å²) in [6.45, 7) is 3.79. The van der Waals surface area contributed by atoms with E-state index in [0.717, 1.165) is 0 Å². The second-order valence-electron chi connectivity index (χ2n) is 4.76. The quantitative estimate of drug-likeness (QED) is 0.625. The van der Waals surface area contributed by atoms with Gasteiger partial charge in [0.05, 0.1) is 5.69 Å². The van der Waals surface area contributed by atoms with E-state index in [1.54, 1.807) is 12.1 Å². The SMILES string of the molecule is CC(C)CC(=O)N[C@H](Nc1ccccc1F)C(Cl)(Cl)Cl. The van der Waals surface area contributed by atoms with Crippen molar-refractivity contribution in [2.45, 2.75) is 30.2 Å². The molecule has 0 heterocycles. The Morgan fingerprint density at radius 3 is 2.40 bits per heavy atom. The van der Waals surface area contributed by atoms with Crippen LogP contribution in [-0.4, -0.2) is 15.9 Å². The number of rotatable bonds is 5. The summed E-state index contributed by atoms with van der Waals surface area (Å²) in [7, 11) is 0. The highest BCUT2D eigenvalue weighted by molar-refractivity contribution is 6.68. The number of carbonyl (C=O) groups excluding carboxylic acids is 1. The molecule has 1 amide bonds. The summed E-state index contributed by atoms with van der Waals surface area (Å²) in [6.07, 6.45) is -0.744. The number of halogens is 4. The van der Waals surface area contributed by atoms with E-state index in [0.29, 0.717) is 0 Å². The van der Waals surface area contributed by atoms with Crippen molar-refractivity contribution in [2.24, 2.45) is 5.92 Å². The summed E-state index contributed by atoms with van der Waals surface area (Å²) in [5.74, 6) is -0.607. The molecule has 1 aromatic carbocycles. The van der Waals surface area contributed by atoms with Crippen LogP contribution >= 0.6 is 34.8 Å². The predicted octanol–water partition coefficient (Wildman–Crippen LogP) is 4.10. The molecule has 0 aliphatic heterocycles. The number of hydrogen-bond donors (Lipinski definition) is 2. The molecule has 0 fully saturated rings. The highest BCUT2D eigenvalue weighted by Gasteiger charge is 2.34. The second-order valence-corrected chi connectivity index (χ2v) is 7.13. The molecular formula is C13H16Cl3FN2O. The summed E-state index contributed by atoms with van der Waals surface area (Å²) in [4.78, 5) is 11.8. The van der Waals surface area contributed by atoms with Crippen LogP contribution in [0.25, 0.3) is 0 Å². The molecule has 0 saturated carbocycles. The summed E-state index contributed by atoms with van der Waals surface area (Å²) >= 11 is 17.4. The van der Waals surface area contributed by atoms with Gasteiger partial charge in [-0.3, -0.25) is 4.79 Å². The van der Waals surface area contributed by atoms with Gasteiger partial charge >= 0.3 is 0 Å². The Bertz CT molecular complexity index is 463. The first-order chi connectivity index (χ1) is 9.20. The van der Waals surface area contributed by atoms with E-state index in [1.165, 1.54) is 12.1 Å². The molecular weight excluding hydrogens is 326 g/mol. The molecule has 0 saturated heterocycles. The monoisotopic (exact) mass is 340 g/mol. The number of carbonyl (C=O) groups is 1. The Balaban J connectivity index is 2.81. The number of amides is 1. The largest absolute Gasteiger partial charge is 0.359 e. The van der Waals surface area contributed by atoms with E-state index in [1.807, 2.05) is 13.8 Å². The predicted molar refractivity (Wildman–Crippen MR) is 81.7 cm³/mol. The zero-order chi connectivity index (χ0) is 15.3. The molecule has 7 heteroatoms. The number of benzene rings is 1. The van der Waals surface area contributed by atoms with Gasteiger partial charge < -0.3 is 10.6 Å². The lowest BCUT2D eigenvalue weighted by Gasteiger charge is -2.27. The van der Waals surface area contributed by atoms with Gasteiger partial charge in [0, 0.05) is 6.42 Å². The highest BCUT2D eigenvalue weighted by atomic mass is 35.6. The van der Waals surface area contributed by atoms with Crippen molar-refractivity contribution < 1.29 is 9.18 Å². The molecule has 3 nitrogen and oxygen atoms in total. The Morgan fingerprint density at radius 1 is 1.30 bits per heavy atom. The van der Waals surface area contributed by atoms with Crippen molar-refractivity contribution in [1.29, 1.82) is 0 Å². The first kappa shape index (κ1) is 17.3. The third-order valence-electron chi connectivity index (χ3n) is 2.40. The van der Waals surface area contributed by atoms with E-state index in [9.17, 15) is 9.18 Å². The van der Waals surface area contributed by atoms with Crippen molar-refractivity contribution in [2.75, 3.05) is 5.32 Å². The molecule has 112 valence electrons. The van der Waals surface area contributed by atoms with Crippen LogP contribution in [0, 0.1) is 11.7 Å². The lowest BCUT2D eigenvalue weighted by Crippen LogP contribution is -2.49. The van der Waals surface area contributed by atoms with E-state index < -0.39 is 15.8 Å². The van der Waals surface area contributed by atoms with E-state index >= 15 is 0 Å². The van der Waals surface area contributed by atoms with Gasteiger partial charge in [-0.2, -0.15) is 0 Å². The van der Waals surface area contributed by atoms with E-state index in [-0.39, 0.29) is 23.9 Å². The van der Waals surface area contributed by atoms with Crippen molar-refractivity contribution in [1.82, 2.24) is 5.32 Å². The molecule has 2 N–H and O–H groups in total. The third kappa shape index (κ3) is 5.73. The molecule has 0 radical (unpaired) electrons. The fourth-order valence-corrected chi connectivity index (χ4v) is 1.85. The maximum absolute atomic E-state index is 13.6. The van der Waals surface area contributed by atoms with E-state index in [2.05, 4.69) is 10.6 Å². The van der Waals surface area contributed by atoms with Crippen molar-refractivity contribution in [3.8, 4) is 0 Å². The number of alkyl halides is 3. The smallest absolute Gasteiger partial charge is 0.228 e. The molecule has 0 aliphatic rings. The number of anilines is 1. The van der Waals surface area contributed by atoms with Gasteiger partial charge in [-0.05, 0) is 18.1 Å². The Hall–Kier alpha value is -0.710. The number of hydrogen-bond acceptors (Lipinski definition) is 2. The van der Waals surface area contributed by atoms with E-state index in [4.69, 9.17) is 34.8 Å². The average molecular weight is 342 g/mol. The maximum Gasteiger partial charge on any atom is 0.228 e. The first-order valence-electron chi connectivity index (χ1n) is 6.07. The highest BCUT2D eigenvalue weighted by Crippen LogP contribution is 2.31. The topological polar surface area (TPSA) is 41.1 Å². The van der Waals surface area contributed by atoms with Crippen molar-refractivity contribution in [3.63, 3.8) is 0 Å². The molecule has 0 aromatic heterocycles. The van der Waals surface area contributed by atoms with Crippen LogP contribution < -0.4 is 10.6 Å². The van der Waals surface area contributed by atoms with Crippen LogP contribution in [0.4, 0.5) is 10.1 Å². The third-order valence-corrected chi connectivity index (χ3v) is 3.05. The lowest BCUT2D eigenvalue weighted by molar-refractivity contribution is -0.122. The molecule has 0 unspecified atom stereocenters. The minimum Gasteiger partial charge on any atom is -0.359 e. The molecule has 0 aliphatic carbocycles. The minimum absolute atomic E-state index is 0.147. The van der Waals surface area contributed by atoms with Gasteiger partial charge in [0.1, 0.15) is 12.0 Å². The molecule has 0 bridgehead atoms. The lowest BCUT2D eigenvalue weighted by atomic mass is 10.1. The van der Waals surface area contributed by atoms with Crippen LogP contribution in [0.2, 0.25) is 0 Å². The standard InChI is InChI=1S/C13H16Cl3FN2O/c1-8(2)7-11(20)19-12(13(14,15)16)18-10-6-4-3-5-9(10)17/h3-6,8,12,18H,7H2,1-2H3,(H,19,20)/t12-/m0/s1. The summed E-state index contributed by atoms with van der Waals surface area (Å²) in [6, 6.07) is 5.94. The minimum atomic E-state index is -1.81. The zero-order valence-electron chi connectivity index (χ0n) is 11.1. The second kappa shape index (κ2) is 7.34. The molecule has 1 aromatic rings. The van der Waals surface area contributed by atoms with Gasteiger partial charge in [-0.15, -0.1) is 0 Å². The number of para-hydroxylation sites is 1. The normalized spacial score (nSPS) is 13.2. The summed E-state index contributed by atoms with van der Waals surface area (Å²) in [5.41, 5.74) is 0.147. The fourth-order valence-electron chi connectivity index (χ4n) is 1.52. The molecule has 1 atom stereocenters. The molecule has 1 rings (SSSR count). The summed E-state index contributed by atoms with van der Waals surface area (Å²) in [5, 5.41) is 5.24. The van der Waals surface area contributed by atoms with Crippen LogP contribution in [0.3, 0.4) is 0 Å². The summed E-state index contributed by atoms with van der Waals surface area (Å²) < 4.78 is 11.8. The van der Waals surface area contributed by atoms with Gasteiger partial charge in [0.15, 0.2) is 0 Å². The first-order valence-corrected chi connectivity index (χ1v) is 7.20. The van der Waals surface area contributed by atoms with Crippen LogP contribution in [0.15, 0.2) is 24.3 Å². The Morgan fingerprint density at radius 2 is 1.90 bits per heavy atom. The maximum atomic E-state index is 13.6. The molecule has 0 spiro atoms. The Kier molecular flexibility index (Phi) is 6.37. The Labute approximate surface area is 132 Å². The van der Waals surface area contributed by atoms with Gasteiger partial charge in [-0.1, -0.05) is 60.8 Å². The van der Waals surface area contributed by atoms with Crippen molar-refractivity contribution >= 4 is 46.4 Å². The van der Waals surface area contributed by atoms with Crippen molar-refractivity contribution in [3.05, 3.63) is 30.1 Å². The van der Waals surface area contributed by atoms with Gasteiger partial charge in [-0.25, -0.2) is 4.39 Å².